The molecule has 0 amide bonds. The highest BCUT2D eigenvalue weighted by atomic mass is 19.1. The number of fused-ring (bicyclic) bond motifs is 2. The number of methoxy groups -OCH3 is 1. The summed E-state index contributed by atoms with van der Waals surface area (Å²) in [5.74, 6) is 0.440. The number of hydrogen-bond donors (Lipinski definition) is 2. The van der Waals surface area contributed by atoms with Crippen molar-refractivity contribution in [1.29, 1.82) is 0 Å². The number of nitrogens with zero attached hydrogens (tertiary/aromatic N) is 3. The van der Waals surface area contributed by atoms with Crippen LogP contribution in [0.15, 0.2) is 42.9 Å². The number of carbonyl (C=O) groups is 1. The second kappa shape index (κ2) is 8.32. The van der Waals surface area contributed by atoms with Gasteiger partial charge < -0.3 is 19.1 Å². The summed E-state index contributed by atoms with van der Waals surface area (Å²) in [6, 6.07) is 7.28. The second-order valence-electron chi connectivity index (χ2n) is 8.28. The minimum absolute atomic E-state index is 0.0677. The van der Waals surface area contributed by atoms with Gasteiger partial charge in [0.25, 0.3) is 0 Å². The van der Waals surface area contributed by atoms with Crippen molar-refractivity contribution in [3.8, 4) is 22.8 Å². The molecule has 1 aliphatic heterocycles. The van der Waals surface area contributed by atoms with Crippen molar-refractivity contribution in [3.05, 3.63) is 59.9 Å². The summed E-state index contributed by atoms with van der Waals surface area (Å²) in [6.45, 7) is 2.22. The predicted octanol–water partition coefficient (Wildman–Crippen LogP) is 3.39. The number of ether oxygens (including phenoxy) is 2. The number of pyridine rings is 1. The molecule has 170 valence electrons. The van der Waals surface area contributed by atoms with Crippen LogP contribution >= 0.6 is 0 Å². The van der Waals surface area contributed by atoms with E-state index in [-0.39, 0.29) is 30.4 Å². The molecular formula is C24H23FN4O4. The molecule has 0 radical (unpaired) electrons. The van der Waals surface area contributed by atoms with Gasteiger partial charge in [-0.25, -0.2) is 0 Å². The topological polar surface area (TPSA) is 102 Å². The number of benzene rings is 1. The summed E-state index contributed by atoms with van der Waals surface area (Å²) in [5, 5.41) is 16.6. The molecule has 2 N–H and O–H groups in total. The van der Waals surface area contributed by atoms with E-state index in [2.05, 4.69) is 15.2 Å². The summed E-state index contributed by atoms with van der Waals surface area (Å²) >= 11 is 0. The maximum Gasteiger partial charge on any atom is 0.218 e. The smallest absolute Gasteiger partial charge is 0.218 e. The third-order valence-electron chi connectivity index (χ3n) is 5.91. The van der Waals surface area contributed by atoms with Crippen LogP contribution in [0.2, 0.25) is 0 Å². The molecule has 1 aliphatic rings. The summed E-state index contributed by atoms with van der Waals surface area (Å²) in [7, 11) is 1.60. The van der Waals surface area contributed by atoms with Gasteiger partial charge in [0.15, 0.2) is 5.78 Å². The van der Waals surface area contributed by atoms with E-state index in [1.165, 1.54) is 6.20 Å². The van der Waals surface area contributed by atoms with Crippen LogP contribution < -0.4 is 9.47 Å². The molecule has 4 heterocycles. The van der Waals surface area contributed by atoms with Crippen molar-refractivity contribution in [1.82, 2.24) is 19.7 Å². The standard InChI is InChI=1S/C24H23FN4O4/c1-13(30)10-29-11-19(17-8-26-20(7-21(17)29)18-9-27-28-24(18)25)23(31)15-5-14-6-16(32-2)3-4-22(14)33-12-15/h3-4,6-9,11,13,15,30H,5,10,12H2,1-2H3,(H,27,28)/t13-,15?/m0/s1. The minimum atomic E-state index is -0.636. The van der Waals surface area contributed by atoms with Gasteiger partial charge in [0.05, 0.1) is 48.7 Å². The average Bonchev–Trinajstić information content (AvgIpc) is 3.40. The van der Waals surface area contributed by atoms with Crippen LogP contribution in [-0.4, -0.2) is 50.5 Å². The summed E-state index contributed by atoms with van der Waals surface area (Å²) in [4.78, 5) is 17.9. The van der Waals surface area contributed by atoms with Gasteiger partial charge in [0.1, 0.15) is 11.5 Å². The third-order valence-corrected chi connectivity index (χ3v) is 5.91. The Morgan fingerprint density at radius 3 is 2.97 bits per heavy atom. The van der Waals surface area contributed by atoms with E-state index in [0.29, 0.717) is 34.3 Å². The van der Waals surface area contributed by atoms with Crippen molar-refractivity contribution in [2.24, 2.45) is 5.92 Å². The van der Waals surface area contributed by atoms with Crippen molar-refractivity contribution in [3.63, 3.8) is 0 Å². The normalized spacial score (nSPS) is 16.3. The lowest BCUT2D eigenvalue weighted by Crippen LogP contribution is -2.28. The lowest BCUT2D eigenvalue weighted by molar-refractivity contribution is 0.0856. The maximum atomic E-state index is 14.0. The highest BCUT2D eigenvalue weighted by Crippen LogP contribution is 2.34. The van der Waals surface area contributed by atoms with Crippen LogP contribution in [-0.2, 0) is 13.0 Å². The van der Waals surface area contributed by atoms with E-state index >= 15 is 0 Å². The largest absolute Gasteiger partial charge is 0.497 e. The zero-order valence-electron chi connectivity index (χ0n) is 18.2. The molecule has 0 saturated carbocycles. The maximum absolute atomic E-state index is 14.0. The Hall–Kier alpha value is -3.72. The molecule has 2 atom stereocenters. The van der Waals surface area contributed by atoms with Crippen LogP contribution in [0.3, 0.4) is 0 Å². The van der Waals surface area contributed by atoms with Gasteiger partial charge in [0, 0.05) is 29.9 Å². The number of aliphatic hydroxyl groups is 1. The van der Waals surface area contributed by atoms with E-state index in [4.69, 9.17) is 9.47 Å². The first-order valence-electron chi connectivity index (χ1n) is 10.6. The quantitative estimate of drug-likeness (QED) is 0.437. The van der Waals surface area contributed by atoms with Gasteiger partial charge in [-0.05, 0) is 43.2 Å². The Labute approximate surface area is 189 Å². The number of rotatable bonds is 6. The van der Waals surface area contributed by atoms with Crippen LogP contribution in [0.4, 0.5) is 4.39 Å². The van der Waals surface area contributed by atoms with Crippen LogP contribution in [0.25, 0.3) is 22.2 Å². The third kappa shape index (κ3) is 3.84. The number of halogens is 1. The summed E-state index contributed by atoms with van der Waals surface area (Å²) in [5.41, 5.74) is 2.73. The molecule has 0 bridgehead atoms. The molecule has 0 spiro atoms. The first kappa shape index (κ1) is 21.1. The Morgan fingerprint density at radius 1 is 1.39 bits per heavy atom. The molecule has 33 heavy (non-hydrogen) atoms. The van der Waals surface area contributed by atoms with Crippen LogP contribution in [0.5, 0.6) is 11.5 Å². The fourth-order valence-electron chi connectivity index (χ4n) is 4.30. The van der Waals surface area contributed by atoms with Gasteiger partial charge >= 0.3 is 0 Å². The summed E-state index contributed by atoms with van der Waals surface area (Å²) < 4.78 is 27.0. The van der Waals surface area contributed by atoms with E-state index in [1.807, 2.05) is 18.2 Å². The Morgan fingerprint density at radius 2 is 2.24 bits per heavy atom. The highest BCUT2D eigenvalue weighted by molar-refractivity contribution is 6.09. The fourth-order valence-corrected chi connectivity index (χ4v) is 4.30. The van der Waals surface area contributed by atoms with E-state index in [9.17, 15) is 14.3 Å². The number of Topliss-reactive ketones (excluding diaryl/α,β-unsaturated/α-hetero) is 1. The van der Waals surface area contributed by atoms with Gasteiger partial charge in [-0.15, -0.1) is 0 Å². The number of aromatic nitrogens is 4. The highest BCUT2D eigenvalue weighted by Gasteiger charge is 2.30. The van der Waals surface area contributed by atoms with Gasteiger partial charge in [-0.1, -0.05) is 0 Å². The number of carbonyl (C=O) groups excluding carboxylic acids is 1. The molecule has 5 rings (SSSR count). The monoisotopic (exact) mass is 450 g/mol. The van der Waals surface area contributed by atoms with Gasteiger partial charge in [0.2, 0.25) is 5.95 Å². The first-order valence-corrected chi connectivity index (χ1v) is 10.6. The van der Waals surface area contributed by atoms with Gasteiger partial charge in [-0.3, -0.25) is 14.9 Å². The molecule has 1 aromatic carbocycles. The number of H-pyrrole nitrogens is 1. The van der Waals surface area contributed by atoms with Crippen LogP contribution in [0.1, 0.15) is 22.8 Å². The number of aromatic amines is 1. The molecule has 9 heteroatoms. The molecule has 0 fully saturated rings. The summed E-state index contributed by atoms with van der Waals surface area (Å²) in [6.07, 6.45) is 4.56. The van der Waals surface area contributed by atoms with E-state index in [0.717, 1.165) is 11.3 Å². The molecule has 1 unspecified atom stereocenters. The Balaban J connectivity index is 1.53. The second-order valence-corrected chi connectivity index (χ2v) is 8.28. The van der Waals surface area contributed by atoms with Crippen molar-refractivity contribution >= 4 is 16.7 Å². The van der Waals surface area contributed by atoms with Crippen molar-refractivity contribution < 1.29 is 23.8 Å². The van der Waals surface area contributed by atoms with E-state index in [1.54, 1.807) is 37.1 Å². The Kier molecular flexibility index (Phi) is 5.33. The van der Waals surface area contributed by atoms with Crippen LogP contribution in [0, 0.1) is 11.9 Å². The fraction of sp³-hybridized carbons (Fsp3) is 0.292. The lowest BCUT2D eigenvalue weighted by atomic mass is 9.89. The molecule has 0 saturated heterocycles. The minimum Gasteiger partial charge on any atom is -0.497 e. The molecular weight excluding hydrogens is 427 g/mol. The number of hydrogen-bond acceptors (Lipinski definition) is 6. The zero-order valence-corrected chi connectivity index (χ0v) is 18.2. The van der Waals surface area contributed by atoms with Gasteiger partial charge in [-0.2, -0.15) is 9.49 Å². The van der Waals surface area contributed by atoms with E-state index < -0.39 is 12.1 Å². The SMILES string of the molecule is COc1ccc2c(c1)CC(C(=O)c1cn(C[C@H](C)O)c3cc(-c4cn[nH]c4F)ncc13)CO2. The average molecular weight is 450 g/mol. The number of nitrogens with one attached hydrogen (secondary N) is 1. The first-order chi connectivity index (χ1) is 15.9. The lowest BCUT2D eigenvalue weighted by Gasteiger charge is -2.24. The predicted molar refractivity (Wildman–Crippen MR) is 119 cm³/mol. The Bertz CT molecular complexity index is 1340. The molecule has 0 aliphatic carbocycles. The zero-order chi connectivity index (χ0) is 23.1. The molecule has 8 nitrogen and oxygen atoms in total. The van der Waals surface area contributed by atoms with Crippen molar-refractivity contribution in [2.75, 3.05) is 13.7 Å². The molecule has 4 aromatic rings. The molecule has 3 aromatic heterocycles. The van der Waals surface area contributed by atoms with Crippen molar-refractivity contribution in [2.45, 2.75) is 26.0 Å². The number of ketones is 1. The number of aliphatic hydroxyl groups excluding tert-OH is 1.